The number of nitrogens with one attached hydrogen (secondary N) is 2. The van der Waals surface area contributed by atoms with E-state index in [-0.39, 0.29) is 5.56 Å². The molecule has 2 rings (SSSR count). The number of aromatic nitrogens is 2. The fourth-order valence-corrected chi connectivity index (χ4v) is 1.86. The van der Waals surface area contributed by atoms with Gasteiger partial charge in [0, 0.05) is 5.69 Å². The molecule has 0 saturated carbocycles. The van der Waals surface area contributed by atoms with Crippen LogP contribution in [-0.2, 0) is 6.42 Å². The van der Waals surface area contributed by atoms with E-state index in [9.17, 15) is 4.79 Å². The third-order valence-electron chi connectivity index (χ3n) is 2.42. The number of nitrogens with zero attached hydrogens (tertiary/aromatic N) is 1. The third-order valence-corrected chi connectivity index (χ3v) is 3.42. The van der Waals surface area contributed by atoms with E-state index in [1.807, 2.05) is 34.7 Å². The quantitative estimate of drug-likeness (QED) is 0.844. The highest BCUT2D eigenvalue weighted by atomic mass is 127. The van der Waals surface area contributed by atoms with Gasteiger partial charge in [-0.05, 0) is 46.7 Å². The Morgan fingerprint density at radius 3 is 2.71 bits per heavy atom. The molecule has 0 atom stereocenters. The Morgan fingerprint density at radius 2 is 2.06 bits per heavy atom. The first-order valence-corrected chi connectivity index (χ1v) is 6.37. The van der Waals surface area contributed by atoms with Crippen LogP contribution in [0.25, 0.3) is 0 Å². The maximum absolute atomic E-state index is 11.4. The van der Waals surface area contributed by atoms with E-state index in [0.29, 0.717) is 9.39 Å². The molecule has 4 nitrogen and oxygen atoms in total. The first kappa shape index (κ1) is 12.1. The van der Waals surface area contributed by atoms with Gasteiger partial charge < -0.3 is 10.3 Å². The van der Waals surface area contributed by atoms with Crippen LogP contribution in [0.1, 0.15) is 12.5 Å². The number of anilines is 2. The van der Waals surface area contributed by atoms with Crippen LogP contribution >= 0.6 is 22.6 Å². The lowest BCUT2D eigenvalue weighted by atomic mass is 10.1. The van der Waals surface area contributed by atoms with Crippen molar-refractivity contribution in [3.05, 3.63) is 50.1 Å². The average Bonchev–Trinajstić information content (AvgIpc) is 2.36. The maximum Gasteiger partial charge on any atom is 0.266 e. The molecule has 0 amide bonds. The molecule has 1 heterocycles. The summed E-state index contributed by atoms with van der Waals surface area (Å²) >= 11 is 1.98. The zero-order valence-corrected chi connectivity index (χ0v) is 11.5. The fraction of sp³-hybridized carbons (Fsp3) is 0.167. The van der Waals surface area contributed by atoms with E-state index in [1.54, 1.807) is 0 Å². The predicted molar refractivity (Wildman–Crippen MR) is 76.7 cm³/mol. The van der Waals surface area contributed by atoms with Crippen molar-refractivity contribution in [2.24, 2.45) is 0 Å². The number of aryl methyl sites for hydroxylation is 1. The van der Waals surface area contributed by atoms with Crippen LogP contribution in [0.5, 0.6) is 0 Å². The van der Waals surface area contributed by atoms with E-state index in [4.69, 9.17) is 0 Å². The van der Waals surface area contributed by atoms with Crippen molar-refractivity contribution in [2.45, 2.75) is 13.3 Å². The second-order valence-electron chi connectivity index (χ2n) is 3.57. The fourth-order valence-electron chi connectivity index (χ4n) is 1.43. The molecule has 0 fully saturated rings. The van der Waals surface area contributed by atoms with Crippen LogP contribution in [0.4, 0.5) is 11.5 Å². The summed E-state index contributed by atoms with van der Waals surface area (Å²) in [4.78, 5) is 18.0. The molecule has 1 aromatic heterocycles. The number of benzene rings is 1. The number of halogens is 1. The number of hydrogen-bond acceptors (Lipinski definition) is 3. The smallest absolute Gasteiger partial charge is 0.266 e. The molecule has 0 radical (unpaired) electrons. The molecule has 0 unspecified atom stereocenters. The topological polar surface area (TPSA) is 57.8 Å². The first-order chi connectivity index (χ1) is 8.20. The second kappa shape index (κ2) is 5.31. The normalized spacial score (nSPS) is 10.2. The molecule has 0 spiro atoms. The Morgan fingerprint density at radius 1 is 1.35 bits per heavy atom. The minimum atomic E-state index is -0.131. The molecule has 0 aliphatic carbocycles. The summed E-state index contributed by atoms with van der Waals surface area (Å²) in [5, 5.41) is 3.13. The summed E-state index contributed by atoms with van der Waals surface area (Å²) < 4.78 is 0.560. The Balaban J connectivity index is 2.25. The predicted octanol–water partition coefficient (Wildman–Crippen LogP) is 2.68. The highest BCUT2D eigenvalue weighted by Crippen LogP contribution is 2.17. The molecule has 88 valence electrons. The summed E-state index contributed by atoms with van der Waals surface area (Å²) in [5.74, 6) is 0.582. The van der Waals surface area contributed by atoms with Crippen LogP contribution in [0, 0.1) is 3.57 Å². The first-order valence-electron chi connectivity index (χ1n) is 5.30. The molecule has 2 aromatic rings. The van der Waals surface area contributed by atoms with Crippen LogP contribution in [0.15, 0.2) is 35.4 Å². The third kappa shape index (κ3) is 2.85. The van der Waals surface area contributed by atoms with E-state index in [0.717, 1.165) is 12.1 Å². The zero-order valence-electron chi connectivity index (χ0n) is 9.33. The van der Waals surface area contributed by atoms with Gasteiger partial charge in [-0.3, -0.25) is 4.79 Å². The molecule has 0 aliphatic heterocycles. The van der Waals surface area contributed by atoms with Crippen molar-refractivity contribution >= 4 is 34.1 Å². The van der Waals surface area contributed by atoms with E-state index in [1.165, 1.54) is 11.9 Å². The van der Waals surface area contributed by atoms with Crippen molar-refractivity contribution in [3.63, 3.8) is 0 Å². The van der Waals surface area contributed by atoms with E-state index in [2.05, 4.69) is 34.3 Å². The molecule has 17 heavy (non-hydrogen) atoms. The van der Waals surface area contributed by atoms with Gasteiger partial charge >= 0.3 is 0 Å². The monoisotopic (exact) mass is 341 g/mol. The molecule has 1 aromatic carbocycles. The molecule has 0 saturated heterocycles. The van der Waals surface area contributed by atoms with Gasteiger partial charge in [-0.15, -0.1) is 0 Å². The minimum absolute atomic E-state index is 0.131. The van der Waals surface area contributed by atoms with Crippen molar-refractivity contribution in [1.82, 2.24) is 9.97 Å². The number of rotatable bonds is 3. The Kier molecular flexibility index (Phi) is 3.78. The lowest BCUT2D eigenvalue weighted by Crippen LogP contribution is -2.12. The lowest BCUT2D eigenvalue weighted by Gasteiger charge is -2.07. The van der Waals surface area contributed by atoms with Crippen LogP contribution in [-0.4, -0.2) is 9.97 Å². The van der Waals surface area contributed by atoms with Gasteiger partial charge in [0.25, 0.3) is 5.56 Å². The highest BCUT2D eigenvalue weighted by molar-refractivity contribution is 14.1. The second-order valence-corrected chi connectivity index (χ2v) is 4.65. The SMILES string of the molecule is CCc1ccc(Nc2nc[nH]c(=O)c2I)cc1. The van der Waals surface area contributed by atoms with Crippen molar-refractivity contribution in [2.75, 3.05) is 5.32 Å². The molecule has 5 heteroatoms. The summed E-state index contributed by atoms with van der Waals surface area (Å²) in [6, 6.07) is 8.08. The Hall–Kier alpha value is -1.37. The molecular formula is C12H12IN3O. The maximum atomic E-state index is 11.4. The standard InChI is InChI=1S/C12H12IN3O/c1-2-8-3-5-9(6-4-8)16-11-10(13)12(17)15-7-14-11/h3-7H,2H2,1H3,(H2,14,15,16,17). The molecule has 0 aliphatic rings. The van der Waals surface area contributed by atoms with Crippen LogP contribution < -0.4 is 10.9 Å². The molecule has 0 bridgehead atoms. The Bertz CT molecular complexity index is 563. The highest BCUT2D eigenvalue weighted by Gasteiger charge is 2.04. The van der Waals surface area contributed by atoms with Gasteiger partial charge in [0.2, 0.25) is 0 Å². The largest absolute Gasteiger partial charge is 0.339 e. The van der Waals surface area contributed by atoms with Gasteiger partial charge in [-0.1, -0.05) is 19.1 Å². The van der Waals surface area contributed by atoms with E-state index >= 15 is 0 Å². The Labute approximate surface area is 113 Å². The van der Waals surface area contributed by atoms with Crippen molar-refractivity contribution < 1.29 is 0 Å². The lowest BCUT2D eigenvalue weighted by molar-refractivity contribution is 1.10. The van der Waals surface area contributed by atoms with Gasteiger partial charge in [0.05, 0.1) is 6.33 Å². The summed E-state index contributed by atoms with van der Waals surface area (Å²) in [6.07, 6.45) is 2.41. The number of hydrogen-bond donors (Lipinski definition) is 2. The average molecular weight is 341 g/mol. The number of aromatic amines is 1. The molecular weight excluding hydrogens is 329 g/mol. The van der Waals surface area contributed by atoms with Gasteiger partial charge in [-0.25, -0.2) is 4.98 Å². The van der Waals surface area contributed by atoms with Gasteiger partial charge in [-0.2, -0.15) is 0 Å². The van der Waals surface area contributed by atoms with Crippen LogP contribution in [0.2, 0.25) is 0 Å². The van der Waals surface area contributed by atoms with E-state index < -0.39 is 0 Å². The van der Waals surface area contributed by atoms with Crippen molar-refractivity contribution in [1.29, 1.82) is 0 Å². The minimum Gasteiger partial charge on any atom is -0.339 e. The summed E-state index contributed by atoms with van der Waals surface area (Å²) in [6.45, 7) is 2.11. The summed E-state index contributed by atoms with van der Waals surface area (Å²) in [7, 11) is 0. The van der Waals surface area contributed by atoms with Gasteiger partial charge in [0.1, 0.15) is 3.57 Å². The van der Waals surface area contributed by atoms with Gasteiger partial charge in [0.15, 0.2) is 5.82 Å². The zero-order chi connectivity index (χ0) is 12.3. The van der Waals surface area contributed by atoms with Crippen molar-refractivity contribution in [3.8, 4) is 0 Å². The van der Waals surface area contributed by atoms with Crippen LogP contribution in [0.3, 0.4) is 0 Å². The number of H-pyrrole nitrogens is 1. The summed E-state index contributed by atoms with van der Waals surface area (Å²) in [5.41, 5.74) is 2.08. The molecule has 2 N–H and O–H groups in total.